The van der Waals surface area contributed by atoms with Gasteiger partial charge in [0.25, 0.3) is 0 Å². The number of Topliss-reactive ketones (excluding diaryl/α,β-unsaturated/α-hetero) is 1. The van der Waals surface area contributed by atoms with Crippen molar-refractivity contribution >= 4 is 5.78 Å². The molecular weight excluding hydrogens is 180 g/mol. The molecule has 1 aromatic rings. The molecule has 3 nitrogen and oxygen atoms in total. The Labute approximate surface area is 84.7 Å². The fraction of sp³-hybridized carbons (Fsp3) is 0.364. The summed E-state index contributed by atoms with van der Waals surface area (Å²) >= 11 is 0. The van der Waals surface area contributed by atoms with Crippen LogP contribution < -0.4 is 0 Å². The van der Waals surface area contributed by atoms with Crippen LogP contribution >= 0.6 is 0 Å². The zero-order valence-electron chi connectivity index (χ0n) is 8.66. The average Bonchev–Trinajstić information content (AvgIpc) is 2.19. The lowest BCUT2D eigenvalue weighted by Gasteiger charge is -1.82. The highest BCUT2D eigenvalue weighted by molar-refractivity contribution is 5.77. The summed E-state index contributed by atoms with van der Waals surface area (Å²) in [5, 5.41) is 8.63. The Kier molecular flexibility index (Phi) is 10.5. The van der Waals surface area contributed by atoms with E-state index in [1.165, 1.54) is 0 Å². The van der Waals surface area contributed by atoms with Crippen molar-refractivity contribution in [2.24, 2.45) is 0 Å². The van der Waals surface area contributed by atoms with Gasteiger partial charge in [-0.1, -0.05) is 32.0 Å². The van der Waals surface area contributed by atoms with Crippen molar-refractivity contribution in [2.75, 3.05) is 0 Å². The van der Waals surface area contributed by atoms with Crippen molar-refractivity contribution in [3.05, 3.63) is 30.3 Å². The molecule has 0 aliphatic carbocycles. The maximum absolute atomic E-state index is 10.2. The SMILES string of the molecule is CCC(=O)CC.O.Oc1ccccc1. The van der Waals surface area contributed by atoms with Crippen LogP contribution in [0.3, 0.4) is 0 Å². The summed E-state index contributed by atoms with van der Waals surface area (Å²) in [4.78, 5) is 10.2. The van der Waals surface area contributed by atoms with Crippen LogP contribution in [0.2, 0.25) is 0 Å². The van der Waals surface area contributed by atoms with E-state index in [-0.39, 0.29) is 5.48 Å². The van der Waals surface area contributed by atoms with E-state index in [1.807, 2.05) is 19.9 Å². The first-order valence-corrected chi connectivity index (χ1v) is 4.46. The molecule has 0 saturated carbocycles. The van der Waals surface area contributed by atoms with Crippen LogP contribution in [-0.4, -0.2) is 16.4 Å². The Bertz CT molecular complexity index is 226. The molecule has 0 spiro atoms. The van der Waals surface area contributed by atoms with E-state index in [1.54, 1.807) is 24.3 Å². The van der Waals surface area contributed by atoms with Gasteiger partial charge in [-0.2, -0.15) is 0 Å². The predicted molar refractivity (Wildman–Crippen MR) is 57.3 cm³/mol. The summed E-state index contributed by atoms with van der Waals surface area (Å²) in [6, 6.07) is 8.71. The van der Waals surface area contributed by atoms with E-state index in [0.29, 0.717) is 24.4 Å². The molecule has 0 bridgehead atoms. The van der Waals surface area contributed by atoms with Crippen molar-refractivity contribution in [2.45, 2.75) is 26.7 Å². The fourth-order valence-corrected chi connectivity index (χ4v) is 0.678. The lowest BCUT2D eigenvalue weighted by atomic mass is 10.3. The number of hydrogen-bond acceptors (Lipinski definition) is 2. The standard InChI is InChI=1S/C6H6O.C5H10O.H2O/c7-6-4-2-1-3-5-6;1-3-5(6)4-2;/h1-5,7H;3-4H2,1-2H3;1H2. The Morgan fingerprint density at radius 1 is 1.14 bits per heavy atom. The van der Waals surface area contributed by atoms with E-state index in [0.717, 1.165) is 0 Å². The van der Waals surface area contributed by atoms with E-state index >= 15 is 0 Å². The number of para-hydroxylation sites is 1. The third-order valence-electron chi connectivity index (χ3n) is 1.54. The zero-order chi connectivity index (χ0) is 10.1. The summed E-state index contributed by atoms with van der Waals surface area (Å²) in [7, 11) is 0. The van der Waals surface area contributed by atoms with Crippen molar-refractivity contribution in [3.8, 4) is 5.75 Å². The number of phenolic OH excluding ortho intramolecular Hbond substituents is 1. The van der Waals surface area contributed by atoms with Gasteiger partial charge in [-0.3, -0.25) is 4.79 Å². The lowest BCUT2D eigenvalue weighted by Crippen LogP contribution is -1.88. The number of carbonyl (C=O) groups is 1. The first kappa shape index (κ1) is 15.1. The van der Waals surface area contributed by atoms with Gasteiger partial charge < -0.3 is 10.6 Å². The molecule has 0 heterocycles. The molecule has 0 aromatic heterocycles. The smallest absolute Gasteiger partial charge is 0.132 e. The van der Waals surface area contributed by atoms with Crippen molar-refractivity contribution in [3.63, 3.8) is 0 Å². The molecule has 1 rings (SSSR count). The molecular formula is C11H18O3. The summed E-state index contributed by atoms with van der Waals surface area (Å²) in [5.41, 5.74) is 0. The Morgan fingerprint density at radius 3 is 1.71 bits per heavy atom. The first-order valence-electron chi connectivity index (χ1n) is 4.46. The highest BCUT2D eigenvalue weighted by atomic mass is 16.3. The largest absolute Gasteiger partial charge is 0.508 e. The second-order valence-corrected chi connectivity index (χ2v) is 2.58. The van der Waals surface area contributed by atoms with E-state index in [4.69, 9.17) is 5.11 Å². The summed E-state index contributed by atoms with van der Waals surface area (Å²) in [5.74, 6) is 0.664. The van der Waals surface area contributed by atoms with Gasteiger partial charge in [0.1, 0.15) is 11.5 Å². The number of benzene rings is 1. The molecule has 14 heavy (non-hydrogen) atoms. The molecule has 0 unspecified atom stereocenters. The van der Waals surface area contributed by atoms with Crippen molar-refractivity contribution in [1.29, 1.82) is 0 Å². The van der Waals surface area contributed by atoms with Crippen LogP contribution in [0.1, 0.15) is 26.7 Å². The Morgan fingerprint density at radius 2 is 1.57 bits per heavy atom. The summed E-state index contributed by atoms with van der Waals surface area (Å²) in [6.45, 7) is 3.76. The van der Waals surface area contributed by atoms with Crippen LogP contribution in [0.4, 0.5) is 0 Å². The van der Waals surface area contributed by atoms with Gasteiger partial charge >= 0.3 is 0 Å². The average molecular weight is 198 g/mol. The van der Waals surface area contributed by atoms with Gasteiger partial charge in [0.05, 0.1) is 0 Å². The van der Waals surface area contributed by atoms with Gasteiger partial charge in [0, 0.05) is 12.8 Å². The molecule has 0 aliphatic heterocycles. The quantitative estimate of drug-likeness (QED) is 0.789. The molecule has 0 amide bonds. The number of hydrogen-bond donors (Lipinski definition) is 1. The van der Waals surface area contributed by atoms with E-state index < -0.39 is 0 Å². The highest BCUT2D eigenvalue weighted by Gasteiger charge is 1.86. The lowest BCUT2D eigenvalue weighted by molar-refractivity contribution is -0.118. The molecule has 0 aliphatic rings. The van der Waals surface area contributed by atoms with E-state index in [9.17, 15) is 4.79 Å². The van der Waals surface area contributed by atoms with Crippen LogP contribution in [0.25, 0.3) is 0 Å². The maximum Gasteiger partial charge on any atom is 0.132 e. The summed E-state index contributed by atoms with van der Waals surface area (Å²) in [6.07, 6.45) is 1.38. The molecule has 0 fully saturated rings. The third kappa shape index (κ3) is 8.74. The van der Waals surface area contributed by atoms with E-state index in [2.05, 4.69) is 0 Å². The third-order valence-corrected chi connectivity index (χ3v) is 1.54. The normalized spacial score (nSPS) is 7.86. The summed E-state index contributed by atoms with van der Waals surface area (Å²) < 4.78 is 0. The zero-order valence-corrected chi connectivity index (χ0v) is 8.66. The molecule has 1 aromatic carbocycles. The van der Waals surface area contributed by atoms with Crippen LogP contribution in [0.15, 0.2) is 30.3 Å². The Balaban J connectivity index is 0. The van der Waals surface area contributed by atoms with Crippen molar-refractivity contribution < 1.29 is 15.4 Å². The molecule has 3 heteroatoms. The van der Waals surface area contributed by atoms with Crippen LogP contribution in [-0.2, 0) is 4.79 Å². The van der Waals surface area contributed by atoms with Gasteiger partial charge in [-0.25, -0.2) is 0 Å². The topological polar surface area (TPSA) is 68.8 Å². The minimum atomic E-state index is 0. The second kappa shape index (κ2) is 9.74. The number of ketones is 1. The van der Waals surface area contributed by atoms with Crippen LogP contribution in [0, 0.1) is 0 Å². The minimum Gasteiger partial charge on any atom is -0.508 e. The van der Waals surface area contributed by atoms with Crippen molar-refractivity contribution in [1.82, 2.24) is 0 Å². The monoisotopic (exact) mass is 198 g/mol. The fourth-order valence-electron chi connectivity index (χ4n) is 0.678. The Hall–Kier alpha value is -1.35. The first-order chi connectivity index (χ1) is 6.20. The molecule has 3 N–H and O–H groups in total. The number of aromatic hydroxyl groups is 1. The van der Waals surface area contributed by atoms with Crippen LogP contribution in [0.5, 0.6) is 5.75 Å². The molecule has 80 valence electrons. The second-order valence-electron chi connectivity index (χ2n) is 2.58. The predicted octanol–water partition coefficient (Wildman–Crippen LogP) is 1.94. The van der Waals surface area contributed by atoms with Gasteiger partial charge in [-0.05, 0) is 12.1 Å². The number of phenols is 1. The number of carbonyl (C=O) groups excluding carboxylic acids is 1. The maximum atomic E-state index is 10.2. The highest BCUT2D eigenvalue weighted by Crippen LogP contribution is 2.02. The van der Waals surface area contributed by atoms with Gasteiger partial charge in [-0.15, -0.1) is 0 Å². The van der Waals surface area contributed by atoms with Gasteiger partial charge in [0.2, 0.25) is 0 Å². The minimum absolute atomic E-state index is 0. The van der Waals surface area contributed by atoms with Gasteiger partial charge in [0.15, 0.2) is 0 Å². The molecule has 0 saturated heterocycles. The number of rotatable bonds is 2. The molecule has 0 atom stereocenters. The molecule has 0 radical (unpaired) electrons.